The van der Waals surface area contributed by atoms with Crippen LogP contribution in [0.3, 0.4) is 0 Å². The maximum atomic E-state index is 6.47. The van der Waals surface area contributed by atoms with Crippen molar-refractivity contribution in [2.75, 3.05) is 7.11 Å². The van der Waals surface area contributed by atoms with Crippen LogP contribution in [0, 0.1) is 0 Å². The predicted molar refractivity (Wildman–Crippen MR) is 122 cm³/mol. The van der Waals surface area contributed by atoms with Gasteiger partial charge in [-0.15, -0.1) is 6.58 Å². The molecule has 30 heavy (non-hydrogen) atoms. The third-order valence-electron chi connectivity index (χ3n) is 7.32. The van der Waals surface area contributed by atoms with Gasteiger partial charge in [-0.05, 0) is 73.1 Å². The summed E-state index contributed by atoms with van der Waals surface area (Å²) >= 11 is 0. The van der Waals surface area contributed by atoms with Gasteiger partial charge in [0, 0.05) is 11.6 Å². The number of ether oxygens (including phenoxy) is 1. The van der Waals surface area contributed by atoms with Crippen LogP contribution in [0.4, 0.5) is 0 Å². The first-order valence-corrected chi connectivity index (χ1v) is 10.7. The molecule has 7 heteroatoms. The molecule has 0 radical (unpaired) electrons. The second-order valence-corrected chi connectivity index (χ2v) is 10.4. The van der Waals surface area contributed by atoms with Crippen molar-refractivity contribution in [2.45, 2.75) is 89.4 Å². The lowest BCUT2D eigenvalue weighted by Crippen LogP contribution is -2.41. The Morgan fingerprint density at radius 1 is 0.833 bits per heavy atom. The summed E-state index contributed by atoms with van der Waals surface area (Å²) in [7, 11) is 0.639. The maximum absolute atomic E-state index is 6.47. The molecular formula is C23H36B2O5. The van der Waals surface area contributed by atoms with Gasteiger partial charge in [0.05, 0.1) is 29.5 Å². The lowest BCUT2D eigenvalue weighted by atomic mass is 9.46. The highest BCUT2D eigenvalue weighted by Gasteiger charge is 2.63. The van der Waals surface area contributed by atoms with E-state index in [1.54, 1.807) is 7.11 Å². The van der Waals surface area contributed by atoms with Crippen molar-refractivity contribution in [2.24, 2.45) is 0 Å². The topological polar surface area (TPSA) is 46.2 Å². The Balaban J connectivity index is 2.04. The van der Waals surface area contributed by atoms with E-state index >= 15 is 0 Å². The Hall–Kier alpha value is -1.27. The first kappa shape index (κ1) is 23.4. The number of hydrogen-bond donors (Lipinski definition) is 0. The third-order valence-corrected chi connectivity index (χ3v) is 7.32. The molecule has 0 amide bonds. The molecule has 3 rings (SSSR count). The van der Waals surface area contributed by atoms with Crippen LogP contribution in [0.25, 0.3) is 0 Å². The van der Waals surface area contributed by atoms with Gasteiger partial charge < -0.3 is 23.4 Å². The van der Waals surface area contributed by atoms with Crippen LogP contribution in [-0.2, 0) is 18.6 Å². The van der Waals surface area contributed by atoms with Crippen LogP contribution in [0.1, 0.15) is 66.9 Å². The first-order chi connectivity index (χ1) is 13.7. The molecule has 2 heterocycles. The zero-order valence-corrected chi connectivity index (χ0v) is 19.9. The molecule has 0 aromatic heterocycles. The minimum Gasteiger partial charge on any atom is -0.497 e. The normalized spacial score (nSPS) is 24.9. The van der Waals surface area contributed by atoms with Gasteiger partial charge in [-0.2, -0.15) is 0 Å². The summed E-state index contributed by atoms with van der Waals surface area (Å²) in [6.07, 6.45) is 1.93. The van der Waals surface area contributed by atoms with Gasteiger partial charge in [-0.25, -0.2) is 0 Å². The average molecular weight is 414 g/mol. The van der Waals surface area contributed by atoms with E-state index in [1.165, 1.54) is 0 Å². The van der Waals surface area contributed by atoms with E-state index in [1.807, 2.05) is 24.3 Å². The van der Waals surface area contributed by atoms with Gasteiger partial charge in [0.1, 0.15) is 5.75 Å². The number of allylic oxidation sites excluding steroid dienone is 1. The molecule has 0 saturated carbocycles. The molecule has 1 aromatic carbocycles. The van der Waals surface area contributed by atoms with Crippen LogP contribution >= 0.6 is 0 Å². The van der Waals surface area contributed by atoms with E-state index in [4.69, 9.17) is 23.4 Å². The number of benzene rings is 1. The Bertz CT molecular complexity index is 722. The molecule has 2 aliphatic rings. The van der Waals surface area contributed by atoms with Gasteiger partial charge >= 0.3 is 14.2 Å². The molecule has 164 valence electrons. The van der Waals surface area contributed by atoms with Crippen molar-refractivity contribution in [3.05, 3.63) is 42.5 Å². The summed E-state index contributed by atoms with van der Waals surface area (Å²) < 4.78 is 31.4. The van der Waals surface area contributed by atoms with Crippen molar-refractivity contribution in [1.29, 1.82) is 0 Å². The summed E-state index contributed by atoms with van der Waals surface area (Å²) in [4.78, 5) is 0. The SMILES string of the molecule is C=C[C@H](c1cccc(OC)c1)C(B1OC(C)(C)C(C)(C)O1)B1OC(C)(C)C(C)(C)O1. The molecule has 0 aliphatic carbocycles. The largest absolute Gasteiger partial charge is 0.497 e. The van der Waals surface area contributed by atoms with Gasteiger partial charge in [-0.3, -0.25) is 0 Å². The van der Waals surface area contributed by atoms with Gasteiger partial charge in [0.25, 0.3) is 0 Å². The quantitative estimate of drug-likeness (QED) is 0.481. The van der Waals surface area contributed by atoms with E-state index in [-0.39, 0.29) is 11.6 Å². The fourth-order valence-corrected chi connectivity index (χ4v) is 3.92. The molecule has 2 fully saturated rings. The highest BCUT2D eigenvalue weighted by Crippen LogP contribution is 2.50. The minimum atomic E-state index is -0.515. The van der Waals surface area contributed by atoms with Crippen molar-refractivity contribution >= 4 is 14.2 Å². The van der Waals surface area contributed by atoms with Crippen molar-refractivity contribution in [1.82, 2.24) is 0 Å². The molecule has 2 saturated heterocycles. The van der Waals surface area contributed by atoms with Crippen LogP contribution in [0.5, 0.6) is 5.75 Å². The second kappa shape index (κ2) is 7.70. The van der Waals surface area contributed by atoms with E-state index in [0.717, 1.165) is 11.3 Å². The summed E-state index contributed by atoms with van der Waals surface area (Å²) in [6.45, 7) is 20.6. The number of methoxy groups -OCH3 is 1. The van der Waals surface area contributed by atoms with Crippen LogP contribution in [-0.4, -0.2) is 43.8 Å². The summed E-state index contributed by atoms with van der Waals surface area (Å²) in [5.41, 5.74) is -1.03. The highest BCUT2D eigenvalue weighted by molar-refractivity contribution is 6.68. The Kier molecular flexibility index (Phi) is 6.00. The summed E-state index contributed by atoms with van der Waals surface area (Å²) in [6, 6.07) is 8.01. The third kappa shape index (κ3) is 3.97. The van der Waals surface area contributed by atoms with E-state index in [9.17, 15) is 0 Å². The molecule has 1 atom stereocenters. The van der Waals surface area contributed by atoms with Crippen molar-refractivity contribution < 1.29 is 23.4 Å². The van der Waals surface area contributed by atoms with Gasteiger partial charge in [0.2, 0.25) is 0 Å². The van der Waals surface area contributed by atoms with E-state index < -0.39 is 36.6 Å². The first-order valence-electron chi connectivity index (χ1n) is 10.7. The summed E-state index contributed by atoms with van der Waals surface area (Å²) in [5.74, 6) is 0.672. The number of hydrogen-bond acceptors (Lipinski definition) is 5. The molecule has 0 unspecified atom stereocenters. The predicted octanol–water partition coefficient (Wildman–Crippen LogP) is 5.06. The van der Waals surface area contributed by atoms with Crippen LogP contribution < -0.4 is 4.74 Å². The molecule has 1 aromatic rings. The van der Waals surface area contributed by atoms with E-state index in [2.05, 4.69) is 68.0 Å². The highest BCUT2D eigenvalue weighted by atomic mass is 16.7. The van der Waals surface area contributed by atoms with Crippen LogP contribution in [0.15, 0.2) is 36.9 Å². The minimum absolute atomic E-state index is 0.121. The smallest absolute Gasteiger partial charge is 0.459 e. The Morgan fingerprint density at radius 3 is 1.63 bits per heavy atom. The molecule has 5 nitrogen and oxygen atoms in total. The fraction of sp³-hybridized carbons (Fsp3) is 0.652. The average Bonchev–Trinajstić information content (AvgIpc) is 2.98. The Morgan fingerprint density at radius 2 is 1.27 bits per heavy atom. The number of rotatable bonds is 6. The molecule has 0 N–H and O–H groups in total. The van der Waals surface area contributed by atoms with Crippen molar-refractivity contribution in [3.8, 4) is 5.75 Å². The van der Waals surface area contributed by atoms with Crippen LogP contribution in [0.2, 0.25) is 5.72 Å². The zero-order valence-electron chi connectivity index (χ0n) is 19.9. The lowest BCUT2D eigenvalue weighted by Gasteiger charge is -2.32. The monoisotopic (exact) mass is 414 g/mol. The van der Waals surface area contributed by atoms with E-state index in [0.29, 0.717) is 0 Å². The molecule has 0 bridgehead atoms. The second-order valence-electron chi connectivity index (χ2n) is 10.4. The van der Waals surface area contributed by atoms with Crippen molar-refractivity contribution in [3.63, 3.8) is 0 Å². The molecule has 2 aliphatic heterocycles. The zero-order chi connectivity index (χ0) is 22.5. The standard InChI is InChI=1S/C23H36B2O5/c1-11-18(16-13-12-14-17(15-16)26-10)19(24-27-20(2,3)21(4,5)28-24)25-29-22(6,7)23(8,9)30-25/h11-15,18-19H,1H2,2-10H3/t18-/m1/s1. The Labute approximate surface area is 182 Å². The lowest BCUT2D eigenvalue weighted by molar-refractivity contribution is 0.00578. The maximum Gasteiger partial charge on any atom is 0.459 e. The van der Waals surface area contributed by atoms with Gasteiger partial charge in [0.15, 0.2) is 0 Å². The summed E-state index contributed by atoms with van der Waals surface area (Å²) in [5, 5.41) is 0. The fourth-order valence-electron chi connectivity index (χ4n) is 3.92. The van der Waals surface area contributed by atoms with Gasteiger partial charge in [-0.1, -0.05) is 18.2 Å². The molecular weight excluding hydrogens is 378 g/mol. The molecule has 0 spiro atoms.